The van der Waals surface area contributed by atoms with Gasteiger partial charge in [-0.1, -0.05) is 26.8 Å². The average Bonchev–Trinajstić information content (AvgIpc) is 2.29. The van der Waals surface area contributed by atoms with Crippen molar-refractivity contribution in [3.8, 4) is 0 Å². The zero-order valence-corrected chi connectivity index (χ0v) is 11.1. The second kappa shape index (κ2) is 5.71. The van der Waals surface area contributed by atoms with E-state index in [1.54, 1.807) is 0 Å². The van der Waals surface area contributed by atoms with Crippen molar-refractivity contribution < 1.29 is 4.79 Å². The summed E-state index contributed by atoms with van der Waals surface area (Å²) in [4.78, 5) is 11.4. The molecule has 0 spiro atoms. The highest BCUT2D eigenvalue weighted by atomic mass is 16.1. The van der Waals surface area contributed by atoms with Gasteiger partial charge >= 0.3 is 0 Å². The molecule has 0 saturated heterocycles. The molecule has 17 heavy (non-hydrogen) atoms. The van der Waals surface area contributed by atoms with E-state index in [-0.39, 0.29) is 11.3 Å². The smallest absolute Gasteiger partial charge is 0.224 e. The third-order valence-corrected chi connectivity index (χ3v) is 2.96. The van der Waals surface area contributed by atoms with Crippen LogP contribution in [-0.2, 0) is 4.79 Å². The van der Waals surface area contributed by atoms with Crippen molar-refractivity contribution in [3.63, 3.8) is 0 Å². The fourth-order valence-corrected chi connectivity index (χ4v) is 1.69. The Morgan fingerprint density at radius 2 is 2.24 bits per heavy atom. The summed E-state index contributed by atoms with van der Waals surface area (Å²) in [7, 11) is 1.88. The summed E-state index contributed by atoms with van der Waals surface area (Å²) in [5.41, 5.74) is 2.25. The Morgan fingerprint density at radius 1 is 1.53 bits per heavy atom. The molecule has 0 aromatic heterocycles. The Morgan fingerprint density at radius 3 is 2.82 bits per heavy atom. The van der Waals surface area contributed by atoms with Crippen LogP contribution in [0.5, 0.6) is 0 Å². The molecule has 3 nitrogen and oxygen atoms in total. The van der Waals surface area contributed by atoms with Gasteiger partial charge in [0.2, 0.25) is 5.91 Å². The number of hydrogen-bond donors (Lipinski definition) is 2. The second-order valence-corrected chi connectivity index (χ2v) is 4.87. The molecule has 0 radical (unpaired) electrons. The van der Waals surface area contributed by atoms with Gasteiger partial charge in [0, 0.05) is 19.2 Å². The molecule has 0 unspecified atom stereocenters. The summed E-state index contributed by atoms with van der Waals surface area (Å²) in [6, 6.07) is 0. The Bertz CT molecular complexity index is 376. The number of hydrogen-bond acceptors (Lipinski definition) is 2. The van der Waals surface area contributed by atoms with Crippen LogP contribution in [0.3, 0.4) is 0 Å². The molecule has 2 N–H and O–H groups in total. The van der Waals surface area contributed by atoms with Crippen LogP contribution in [0.15, 0.2) is 35.7 Å². The highest BCUT2D eigenvalue weighted by molar-refractivity contribution is 5.78. The van der Waals surface area contributed by atoms with Crippen molar-refractivity contribution in [2.75, 3.05) is 7.05 Å². The first-order valence-electron chi connectivity index (χ1n) is 6.05. The van der Waals surface area contributed by atoms with Crippen molar-refractivity contribution in [3.05, 3.63) is 35.7 Å². The number of amides is 1. The van der Waals surface area contributed by atoms with Crippen LogP contribution in [0.2, 0.25) is 0 Å². The molecule has 1 aliphatic carbocycles. The van der Waals surface area contributed by atoms with E-state index in [4.69, 9.17) is 0 Å². The van der Waals surface area contributed by atoms with Crippen LogP contribution < -0.4 is 10.6 Å². The molecular weight excluding hydrogens is 212 g/mol. The Kier molecular flexibility index (Phi) is 4.55. The highest BCUT2D eigenvalue weighted by Gasteiger charge is 2.24. The van der Waals surface area contributed by atoms with Crippen LogP contribution >= 0.6 is 0 Å². The highest BCUT2D eigenvalue weighted by Crippen LogP contribution is 2.35. The molecular formula is C14H22N2O. The number of nitrogens with one attached hydrogen (secondary N) is 2. The summed E-state index contributed by atoms with van der Waals surface area (Å²) in [5.74, 6) is 0.0594. The zero-order valence-electron chi connectivity index (χ0n) is 11.1. The lowest BCUT2D eigenvalue weighted by molar-refractivity contribution is -0.120. The van der Waals surface area contributed by atoms with Gasteiger partial charge in [0.25, 0.3) is 0 Å². The Hall–Kier alpha value is -1.51. The van der Waals surface area contributed by atoms with E-state index in [9.17, 15) is 4.79 Å². The quantitative estimate of drug-likeness (QED) is 0.784. The minimum absolute atomic E-state index is 0.0594. The monoisotopic (exact) mass is 234 g/mol. The van der Waals surface area contributed by atoms with E-state index in [2.05, 4.69) is 36.6 Å². The minimum Gasteiger partial charge on any atom is -0.394 e. The van der Waals surface area contributed by atoms with Crippen molar-refractivity contribution in [2.24, 2.45) is 5.41 Å². The van der Waals surface area contributed by atoms with E-state index >= 15 is 0 Å². The average molecular weight is 234 g/mol. The first-order valence-corrected chi connectivity index (χ1v) is 6.05. The van der Waals surface area contributed by atoms with Gasteiger partial charge in [-0.15, -0.1) is 0 Å². The molecule has 1 aliphatic rings. The number of allylic oxidation sites excluding steroid dienone is 4. The lowest BCUT2D eigenvalue weighted by Crippen LogP contribution is -2.25. The molecule has 1 rings (SSSR count). The minimum atomic E-state index is 0.0594. The Balaban J connectivity index is 2.85. The first kappa shape index (κ1) is 13.6. The third kappa shape index (κ3) is 3.77. The van der Waals surface area contributed by atoms with Gasteiger partial charge in [0.1, 0.15) is 0 Å². The number of carbonyl (C=O) groups is 1. The molecule has 0 aromatic carbocycles. The molecule has 0 aliphatic heterocycles. The molecule has 0 saturated carbocycles. The van der Waals surface area contributed by atoms with Gasteiger partial charge < -0.3 is 10.6 Å². The van der Waals surface area contributed by atoms with E-state index in [1.807, 2.05) is 26.2 Å². The maximum atomic E-state index is 11.4. The predicted molar refractivity (Wildman–Crippen MR) is 71.2 cm³/mol. The molecule has 94 valence electrons. The lowest BCUT2D eigenvalue weighted by atomic mass is 9.77. The molecule has 0 aromatic rings. The summed E-state index contributed by atoms with van der Waals surface area (Å²) < 4.78 is 0. The van der Waals surface area contributed by atoms with Gasteiger partial charge in [-0.2, -0.15) is 0 Å². The second-order valence-electron chi connectivity index (χ2n) is 4.87. The summed E-state index contributed by atoms with van der Waals surface area (Å²) in [6.45, 7) is 6.26. The van der Waals surface area contributed by atoms with Gasteiger partial charge in [-0.3, -0.25) is 4.79 Å². The molecule has 0 bridgehead atoms. The standard InChI is InChI=1S/C14H22N2O/c1-5-13(17)16-12-6-8-14(2,3)11(10-12)7-9-15-4/h6-7,9-10,15H,5,8H2,1-4H3,(H,16,17)/b9-7-. The summed E-state index contributed by atoms with van der Waals surface area (Å²) in [5, 5.41) is 5.90. The van der Waals surface area contributed by atoms with Crippen molar-refractivity contribution in [1.82, 2.24) is 10.6 Å². The number of rotatable bonds is 4. The maximum absolute atomic E-state index is 11.4. The Labute approximate surface area is 104 Å². The molecule has 3 heteroatoms. The largest absolute Gasteiger partial charge is 0.394 e. The fourth-order valence-electron chi connectivity index (χ4n) is 1.69. The fraction of sp³-hybridized carbons (Fsp3) is 0.500. The van der Waals surface area contributed by atoms with Gasteiger partial charge in [-0.05, 0) is 35.8 Å². The van der Waals surface area contributed by atoms with Gasteiger partial charge in [0.05, 0.1) is 0 Å². The topological polar surface area (TPSA) is 41.1 Å². The van der Waals surface area contributed by atoms with Crippen LogP contribution in [0.25, 0.3) is 0 Å². The van der Waals surface area contributed by atoms with Crippen molar-refractivity contribution >= 4 is 5.91 Å². The van der Waals surface area contributed by atoms with Crippen molar-refractivity contribution in [1.29, 1.82) is 0 Å². The zero-order chi connectivity index (χ0) is 12.9. The SMILES string of the molecule is CCC(=O)NC1=CCC(C)(C)C(/C=C\NC)=C1. The van der Waals surface area contributed by atoms with Crippen LogP contribution in [-0.4, -0.2) is 13.0 Å². The van der Waals surface area contributed by atoms with Crippen LogP contribution in [0.4, 0.5) is 0 Å². The van der Waals surface area contributed by atoms with Crippen molar-refractivity contribution in [2.45, 2.75) is 33.6 Å². The van der Waals surface area contributed by atoms with Gasteiger partial charge in [0.15, 0.2) is 0 Å². The van der Waals surface area contributed by atoms with Gasteiger partial charge in [-0.25, -0.2) is 0 Å². The first-order chi connectivity index (χ1) is 7.99. The normalized spacial score (nSPS) is 18.6. The summed E-state index contributed by atoms with van der Waals surface area (Å²) >= 11 is 0. The molecule has 0 heterocycles. The van der Waals surface area contributed by atoms with E-state index in [0.717, 1.165) is 12.1 Å². The number of carbonyl (C=O) groups excluding carboxylic acids is 1. The van der Waals surface area contributed by atoms with Crippen LogP contribution in [0.1, 0.15) is 33.6 Å². The molecule has 0 atom stereocenters. The van der Waals surface area contributed by atoms with Crippen LogP contribution in [0, 0.1) is 5.41 Å². The van der Waals surface area contributed by atoms with E-state index in [0.29, 0.717) is 6.42 Å². The maximum Gasteiger partial charge on any atom is 0.224 e. The summed E-state index contributed by atoms with van der Waals surface area (Å²) in [6.07, 6.45) is 9.56. The molecule has 0 fully saturated rings. The van der Waals surface area contributed by atoms with E-state index < -0.39 is 0 Å². The predicted octanol–water partition coefficient (Wildman–Crippen LogP) is 2.49. The third-order valence-electron chi connectivity index (χ3n) is 2.96. The molecule has 1 amide bonds. The lowest BCUT2D eigenvalue weighted by Gasteiger charge is -2.29. The van der Waals surface area contributed by atoms with E-state index in [1.165, 1.54) is 5.57 Å².